The summed E-state index contributed by atoms with van der Waals surface area (Å²) in [5.74, 6) is 2.53. The Balaban J connectivity index is 1.61. The van der Waals surface area contributed by atoms with Crippen LogP contribution in [-0.2, 0) is 14.5 Å². The number of aliphatic hydroxyl groups is 2. The second kappa shape index (κ2) is 8.26. The van der Waals surface area contributed by atoms with E-state index in [0.29, 0.717) is 16.9 Å². The van der Waals surface area contributed by atoms with Gasteiger partial charge in [0.2, 0.25) is 0 Å². The largest absolute Gasteiger partial charge is 0.390 e. The van der Waals surface area contributed by atoms with Crippen molar-refractivity contribution in [2.45, 2.75) is 24.7 Å². The maximum Gasteiger partial charge on any atom is 0.333 e. The Hall–Kier alpha value is -3.01. The van der Waals surface area contributed by atoms with Gasteiger partial charge < -0.3 is 20.1 Å². The van der Waals surface area contributed by atoms with Crippen LogP contribution < -0.4 is 10.5 Å². The summed E-state index contributed by atoms with van der Waals surface area (Å²) in [6.07, 6.45) is 6.56. The van der Waals surface area contributed by atoms with Gasteiger partial charge in [-0.1, -0.05) is 12.0 Å². The van der Waals surface area contributed by atoms with Crippen LogP contribution in [0.15, 0.2) is 42.9 Å². The van der Waals surface area contributed by atoms with Crippen molar-refractivity contribution in [1.29, 1.82) is 0 Å². The quantitative estimate of drug-likeness (QED) is 0.405. The number of nitrogens with two attached hydrogens (primary N) is 1. The standard InChI is InChI=1S/C20H21N5O5S/c1-2-12-4-3-5-14(8-12)24-19-15-6-7-25(20(15)23-11-22-19)16-9-13(17(26)18(16)27)10-30-31(21,28)29/h1,3-8,11,13,16-18,26-27H,9-10H2,(H2,21,28,29)(H,22,23,24)/t13-,16-,17-,18+/m1/s1. The molecule has 4 atom stereocenters. The second-order valence-corrected chi connectivity index (χ2v) is 8.58. The third-order valence-electron chi connectivity index (χ3n) is 5.38. The maximum atomic E-state index is 11.1. The Kier molecular flexibility index (Phi) is 5.65. The molecule has 162 valence electrons. The van der Waals surface area contributed by atoms with Gasteiger partial charge in [0.1, 0.15) is 23.9 Å². The van der Waals surface area contributed by atoms with Crippen molar-refractivity contribution >= 4 is 32.8 Å². The summed E-state index contributed by atoms with van der Waals surface area (Å²) in [5, 5.41) is 29.7. The maximum absolute atomic E-state index is 11.1. The lowest BCUT2D eigenvalue weighted by atomic mass is 10.1. The fourth-order valence-corrected chi connectivity index (χ4v) is 4.25. The highest BCUT2D eigenvalue weighted by Crippen LogP contribution is 2.38. The monoisotopic (exact) mass is 443 g/mol. The molecular weight excluding hydrogens is 422 g/mol. The van der Waals surface area contributed by atoms with Crippen LogP contribution in [0.4, 0.5) is 11.5 Å². The molecule has 1 aromatic carbocycles. The number of terminal acetylenes is 1. The molecule has 5 N–H and O–H groups in total. The van der Waals surface area contributed by atoms with Crippen molar-refractivity contribution in [2.75, 3.05) is 11.9 Å². The summed E-state index contributed by atoms with van der Waals surface area (Å²) in [6, 6.07) is 8.60. The van der Waals surface area contributed by atoms with Crippen LogP contribution in [0.1, 0.15) is 18.0 Å². The molecule has 1 fully saturated rings. The topological polar surface area (TPSA) is 153 Å². The lowest BCUT2D eigenvalue weighted by Gasteiger charge is -2.19. The van der Waals surface area contributed by atoms with Crippen molar-refractivity contribution in [3.63, 3.8) is 0 Å². The SMILES string of the molecule is C#Cc1cccc(Nc2ncnc3c2ccn3[C@@H]2C[C@H](COS(N)(=O)=O)[C@@H](O)[C@H]2O)c1. The van der Waals surface area contributed by atoms with Gasteiger partial charge in [-0.25, -0.2) is 15.1 Å². The van der Waals surface area contributed by atoms with E-state index in [9.17, 15) is 18.6 Å². The van der Waals surface area contributed by atoms with Gasteiger partial charge in [-0.2, -0.15) is 8.42 Å². The van der Waals surface area contributed by atoms with Gasteiger partial charge in [-0.05, 0) is 30.7 Å². The molecule has 0 radical (unpaired) electrons. The third-order valence-corrected chi connectivity index (χ3v) is 5.84. The summed E-state index contributed by atoms with van der Waals surface area (Å²) >= 11 is 0. The fraction of sp³-hybridized carbons (Fsp3) is 0.300. The molecule has 10 nitrogen and oxygen atoms in total. The van der Waals surface area contributed by atoms with Crippen LogP contribution in [0, 0.1) is 18.3 Å². The summed E-state index contributed by atoms with van der Waals surface area (Å²) in [4.78, 5) is 8.63. The highest BCUT2D eigenvalue weighted by molar-refractivity contribution is 7.84. The Bertz CT molecular complexity index is 1250. The first-order chi connectivity index (χ1) is 14.8. The molecule has 0 bridgehead atoms. The van der Waals surface area contributed by atoms with Gasteiger partial charge in [-0.15, -0.1) is 6.42 Å². The zero-order chi connectivity index (χ0) is 22.2. The van der Waals surface area contributed by atoms with Crippen molar-refractivity contribution in [2.24, 2.45) is 11.1 Å². The van der Waals surface area contributed by atoms with E-state index in [-0.39, 0.29) is 13.0 Å². The molecule has 1 aliphatic carbocycles. The van der Waals surface area contributed by atoms with E-state index < -0.39 is 34.5 Å². The summed E-state index contributed by atoms with van der Waals surface area (Å²) in [7, 11) is -4.14. The van der Waals surface area contributed by atoms with E-state index in [0.717, 1.165) is 11.3 Å². The van der Waals surface area contributed by atoms with E-state index in [1.807, 2.05) is 24.3 Å². The molecule has 1 saturated carbocycles. The Labute approximate surface area is 179 Å². The number of nitrogens with zero attached hydrogens (tertiary/aromatic N) is 3. The zero-order valence-corrected chi connectivity index (χ0v) is 17.1. The highest BCUT2D eigenvalue weighted by atomic mass is 32.2. The minimum Gasteiger partial charge on any atom is -0.390 e. The number of nitrogens with one attached hydrogen (secondary N) is 1. The average molecular weight is 443 g/mol. The van der Waals surface area contributed by atoms with Crippen LogP contribution in [0.3, 0.4) is 0 Å². The van der Waals surface area contributed by atoms with Crippen LogP contribution >= 0.6 is 0 Å². The van der Waals surface area contributed by atoms with Crippen LogP contribution in [0.25, 0.3) is 11.0 Å². The van der Waals surface area contributed by atoms with Gasteiger partial charge in [0.05, 0.1) is 24.1 Å². The fourth-order valence-electron chi connectivity index (χ4n) is 3.88. The van der Waals surface area contributed by atoms with Gasteiger partial charge in [0.25, 0.3) is 0 Å². The lowest BCUT2D eigenvalue weighted by Crippen LogP contribution is -2.31. The van der Waals surface area contributed by atoms with Crippen molar-refractivity contribution in [1.82, 2.24) is 14.5 Å². The Morgan fingerprint density at radius 2 is 2.10 bits per heavy atom. The normalized spacial score (nSPS) is 23.7. The number of aromatic nitrogens is 3. The third kappa shape index (κ3) is 4.39. The Morgan fingerprint density at radius 1 is 1.29 bits per heavy atom. The molecule has 0 spiro atoms. The molecule has 1 aliphatic rings. The predicted octanol–water partition coefficient (Wildman–Crippen LogP) is 0.659. The molecule has 2 aromatic heterocycles. The average Bonchev–Trinajstić information content (AvgIpc) is 3.28. The predicted molar refractivity (Wildman–Crippen MR) is 113 cm³/mol. The summed E-state index contributed by atoms with van der Waals surface area (Å²) in [5.41, 5.74) is 2.04. The smallest absolute Gasteiger partial charge is 0.333 e. The number of rotatable bonds is 6. The van der Waals surface area contributed by atoms with Crippen molar-refractivity contribution in [3.05, 3.63) is 48.4 Å². The molecule has 11 heteroatoms. The molecule has 0 unspecified atom stereocenters. The second-order valence-electron chi connectivity index (χ2n) is 7.35. The first-order valence-electron chi connectivity index (χ1n) is 9.45. The Morgan fingerprint density at radius 3 is 2.84 bits per heavy atom. The zero-order valence-electron chi connectivity index (χ0n) is 16.3. The number of aliphatic hydroxyl groups excluding tert-OH is 2. The molecule has 0 saturated heterocycles. The number of hydrogen-bond donors (Lipinski definition) is 4. The van der Waals surface area contributed by atoms with Crippen LogP contribution in [-0.4, -0.2) is 52.0 Å². The number of fused-ring (bicyclic) bond motifs is 1. The van der Waals surface area contributed by atoms with Gasteiger partial charge in [-0.3, -0.25) is 4.18 Å². The molecular formula is C20H21N5O5S. The van der Waals surface area contributed by atoms with Crippen LogP contribution in [0.2, 0.25) is 0 Å². The molecule has 0 aliphatic heterocycles. The van der Waals surface area contributed by atoms with E-state index in [1.54, 1.807) is 16.8 Å². The summed E-state index contributed by atoms with van der Waals surface area (Å²) < 4.78 is 28.5. The molecule has 0 amide bonds. The minimum atomic E-state index is -4.14. The van der Waals surface area contributed by atoms with E-state index in [4.69, 9.17) is 11.6 Å². The molecule has 31 heavy (non-hydrogen) atoms. The van der Waals surface area contributed by atoms with E-state index in [1.165, 1.54) is 6.33 Å². The van der Waals surface area contributed by atoms with E-state index in [2.05, 4.69) is 25.4 Å². The van der Waals surface area contributed by atoms with Crippen molar-refractivity contribution in [3.8, 4) is 12.3 Å². The van der Waals surface area contributed by atoms with Gasteiger partial charge in [0, 0.05) is 23.4 Å². The number of hydrogen-bond acceptors (Lipinski definition) is 8. The van der Waals surface area contributed by atoms with E-state index >= 15 is 0 Å². The first kappa shape index (κ1) is 21.2. The lowest BCUT2D eigenvalue weighted by molar-refractivity contribution is -0.000932. The minimum absolute atomic E-state index is 0.276. The highest BCUT2D eigenvalue weighted by Gasteiger charge is 2.43. The molecule has 2 heterocycles. The van der Waals surface area contributed by atoms with Crippen LogP contribution in [0.5, 0.6) is 0 Å². The first-order valence-corrected chi connectivity index (χ1v) is 10.9. The molecule has 3 aromatic rings. The number of anilines is 2. The molecule has 4 rings (SSSR count). The summed E-state index contributed by atoms with van der Waals surface area (Å²) in [6.45, 7) is -0.319. The van der Waals surface area contributed by atoms with Gasteiger partial charge >= 0.3 is 10.3 Å². The van der Waals surface area contributed by atoms with Crippen molar-refractivity contribution < 1.29 is 22.8 Å². The van der Waals surface area contributed by atoms with Gasteiger partial charge in [0.15, 0.2) is 0 Å². The number of benzene rings is 1.